The van der Waals surface area contributed by atoms with Crippen molar-refractivity contribution in [3.8, 4) is 0 Å². The van der Waals surface area contributed by atoms with Gasteiger partial charge in [-0.2, -0.15) is 0 Å². The van der Waals surface area contributed by atoms with Gasteiger partial charge in [0.05, 0.1) is 0 Å². The van der Waals surface area contributed by atoms with E-state index in [1.165, 1.54) is 49.7 Å². The molecule has 2 nitrogen and oxygen atoms in total. The molecule has 0 radical (unpaired) electrons. The summed E-state index contributed by atoms with van der Waals surface area (Å²) < 4.78 is 0. The lowest BCUT2D eigenvalue weighted by molar-refractivity contribution is 0.463. The van der Waals surface area contributed by atoms with Gasteiger partial charge in [0.2, 0.25) is 0 Å². The summed E-state index contributed by atoms with van der Waals surface area (Å²) in [5, 5.41) is 3.72. The van der Waals surface area contributed by atoms with E-state index in [4.69, 9.17) is 5.73 Å². The van der Waals surface area contributed by atoms with Crippen LogP contribution in [0.25, 0.3) is 0 Å². The van der Waals surface area contributed by atoms with E-state index in [9.17, 15) is 0 Å². The summed E-state index contributed by atoms with van der Waals surface area (Å²) in [5.74, 6) is 0. The average molecular weight is 246 g/mol. The molecule has 1 fully saturated rings. The Morgan fingerprint density at radius 3 is 2.33 bits per heavy atom. The Morgan fingerprint density at radius 2 is 1.67 bits per heavy atom. The van der Waals surface area contributed by atoms with E-state index in [1.807, 2.05) is 0 Å². The van der Waals surface area contributed by atoms with Gasteiger partial charge in [-0.25, -0.2) is 0 Å². The van der Waals surface area contributed by atoms with Crippen LogP contribution in [0.15, 0.2) is 24.3 Å². The highest BCUT2D eigenvalue weighted by atomic mass is 14.9. The van der Waals surface area contributed by atoms with Crippen LogP contribution in [-0.2, 0) is 13.0 Å². The minimum atomic E-state index is 0.652. The maximum atomic E-state index is 5.77. The van der Waals surface area contributed by atoms with E-state index >= 15 is 0 Å². The van der Waals surface area contributed by atoms with Gasteiger partial charge in [0.25, 0.3) is 0 Å². The van der Waals surface area contributed by atoms with Crippen molar-refractivity contribution in [1.82, 2.24) is 5.32 Å². The molecule has 0 atom stereocenters. The van der Waals surface area contributed by atoms with Crippen LogP contribution in [0.5, 0.6) is 0 Å². The number of hydrogen-bond acceptors (Lipinski definition) is 2. The maximum Gasteiger partial charge on any atom is 0.0180 e. The van der Waals surface area contributed by atoms with E-state index in [-0.39, 0.29) is 0 Å². The van der Waals surface area contributed by atoms with E-state index < -0.39 is 0 Å². The lowest BCUT2D eigenvalue weighted by atomic mass is 10.0. The van der Waals surface area contributed by atoms with E-state index in [1.54, 1.807) is 0 Å². The molecule has 1 aromatic carbocycles. The molecule has 0 unspecified atom stereocenters. The van der Waals surface area contributed by atoms with Crippen LogP contribution in [0.3, 0.4) is 0 Å². The van der Waals surface area contributed by atoms with Gasteiger partial charge in [0.1, 0.15) is 0 Å². The Hall–Kier alpha value is -0.860. The van der Waals surface area contributed by atoms with Crippen molar-refractivity contribution in [2.24, 2.45) is 5.73 Å². The monoisotopic (exact) mass is 246 g/mol. The quantitative estimate of drug-likeness (QED) is 0.784. The summed E-state index contributed by atoms with van der Waals surface area (Å²) in [6.45, 7) is 1.74. The third kappa shape index (κ3) is 4.11. The first-order valence-corrected chi connectivity index (χ1v) is 7.40. The van der Waals surface area contributed by atoms with Crippen LogP contribution in [0.1, 0.15) is 49.7 Å². The molecule has 1 aliphatic rings. The van der Waals surface area contributed by atoms with Crippen molar-refractivity contribution < 1.29 is 0 Å². The normalized spacial score (nSPS) is 17.6. The molecule has 18 heavy (non-hydrogen) atoms. The van der Waals surface area contributed by atoms with Crippen molar-refractivity contribution in [2.75, 3.05) is 6.54 Å². The van der Waals surface area contributed by atoms with E-state index in [2.05, 4.69) is 29.6 Å². The minimum absolute atomic E-state index is 0.652. The van der Waals surface area contributed by atoms with Crippen LogP contribution in [0.2, 0.25) is 0 Å². The zero-order chi connectivity index (χ0) is 12.6. The summed E-state index contributed by atoms with van der Waals surface area (Å²) >= 11 is 0. The summed E-state index contributed by atoms with van der Waals surface area (Å²) in [4.78, 5) is 0. The van der Waals surface area contributed by atoms with Crippen molar-refractivity contribution in [1.29, 1.82) is 0 Å². The van der Waals surface area contributed by atoms with Gasteiger partial charge >= 0.3 is 0 Å². The number of rotatable bonds is 5. The molecule has 1 aromatic rings. The Labute approximate surface area is 111 Å². The van der Waals surface area contributed by atoms with Gasteiger partial charge in [-0.15, -0.1) is 0 Å². The molecular weight excluding hydrogens is 220 g/mol. The van der Waals surface area contributed by atoms with Gasteiger partial charge < -0.3 is 11.1 Å². The predicted molar refractivity (Wildman–Crippen MR) is 77.5 cm³/mol. The third-order valence-corrected chi connectivity index (χ3v) is 4.02. The minimum Gasteiger partial charge on any atom is -0.326 e. The highest BCUT2D eigenvalue weighted by Crippen LogP contribution is 2.17. The Bertz CT molecular complexity index is 341. The molecular formula is C16H26N2. The van der Waals surface area contributed by atoms with Crippen LogP contribution in [0, 0.1) is 0 Å². The summed E-state index contributed by atoms with van der Waals surface area (Å²) in [6.07, 6.45) is 9.47. The van der Waals surface area contributed by atoms with Crippen LogP contribution in [0.4, 0.5) is 0 Å². The molecule has 0 amide bonds. The molecule has 3 N–H and O–H groups in total. The number of nitrogens with two attached hydrogens (primary N) is 1. The molecule has 1 saturated carbocycles. The van der Waals surface area contributed by atoms with Crippen LogP contribution >= 0.6 is 0 Å². The standard InChI is InChI=1S/C16H26N2/c17-13-15-8-6-5-7-14(15)11-12-18-16-9-3-1-2-4-10-16/h5-8,16,18H,1-4,9-13,17H2. The van der Waals surface area contributed by atoms with Gasteiger partial charge in [-0.3, -0.25) is 0 Å². The van der Waals surface area contributed by atoms with E-state index in [0.29, 0.717) is 6.54 Å². The molecule has 0 spiro atoms. The molecule has 0 heterocycles. The topological polar surface area (TPSA) is 38.0 Å². The zero-order valence-corrected chi connectivity index (χ0v) is 11.3. The third-order valence-electron chi connectivity index (χ3n) is 4.02. The molecule has 2 heteroatoms. The first-order chi connectivity index (χ1) is 8.90. The van der Waals surface area contributed by atoms with Gasteiger partial charge in [0.15, 0.2) is 0 Å². The average Bonchev–Trinajstić information content (AvgIpc) is 2.68. The molecule has 0 bridgehead atoms. The second kappa shape index (κ2) is 7.55. The lowest BCUT2D eigenvalue weighted by Gasteiger charge is -2.16. The van der Waals surface area contributed by atoms with Gasteiger partial charge in [0, 0.05) is 12.6 Å². The van der Waals surface area contributed by atoms with Crippen molar-refractivity contribution in [3.63, 3.8) is 0 Å². The molecule has 2 rings (SSSR count). The highest BCUT2D eigenvalue weighted by molar-refractivity contribution is 5.27. The smallest absolute Gasteiger partial charge is 0.0180 e. The van der Waals surface area contributed by atoms with Crippen molar-refractivity contribution >= 4 is 0 Å². The molecule has 0 aromatic heterocycles. The summed E-state index contributed by atoms with van der Waals surface area (Å²) in [7, 11) is 0. The van der Waals surface area contributed by atoms with Gasteiger partial charge in [-0.05, 0) is 36.9 Å². The van der Waals surface area contributed by atoms with Crippen LogP contribution < -0.4 is 11.1 Å². The van der Waals surface area contributed by atoms with Crippen molar-refractivity contribution in [2.45, 2.75) is 57.5 Å². The molecule has 100 valence electrons. The molecule has 1 aliphatic carbocycles. The van der Waals surface area contributed by atoms with Crippen molar-refractivity contribution in [3.05, 3.63) is 35.4 Å². The largest absolute Gasteiger partial charge is 0.326 e. The second-order valence-electron chi connectivity index (χ2n) is 5.37. The molecule has 0 aliphatic heterocycles. The van der Waals surface area contributed by atoms with Gasteiger partial charge in [-0.1, -0.05) is 49.9 Å². The number of benzene rings is 1. The Morgan fingerprint density at radius 1 is 1.00 bits per heavy atom. The fourth-order valence-corrected chi connectivity index (χ4v) is 2.89. The fraction of sp³-hybridized carbons (Fsp3) is 0.625. The first kappa shape index (κ1) is 13.6. The predicted octanol–water partition coefficient (Wildman–Crippen LogP) is 3.00. The summed E-state index contributed by atoms with van der Waals surface area (Å²) in [5.41, 5.74) is 8.46. The number of nitrogens with one attached hydrogen (secondary N) is 1. The SMILES string of the molecule is NCc1ccccc1CCNC1CCCCCC1. The Balaban J connectivity index is 1.77. The van der Waals surface area contributed by atoms with Crippen LogP contribution in [-0.4, -0.2) is 12.6 Å². The second-order valence-corrected chi connectivity index (χ2v) is 5.37. The lowest BCUT2D eigenvalue weighted by Crippen LogP contribution is -2.30. The summed E-state index contributed by atoms with van der Waals surface area (Å²) in [6, 6.07) is 9.28. The van der Waals surface area contributed by atoms with E-state index in [0.717, 1.165) is 19.0 Å². The Kier molecular flexibility index (Phi) is 5.69. The maximum absolute atomic E-state index is 5.77. The highest BCUT2D eigenvalue weighted by Gasteiger charge is 2.11. The first-order valence-electron chi connectivity index (χ1n) is 7.40. The molecule has 0 saturated heterocycles. The fourth-order valence-electron chi connectivity index (χ4n) is 2.89. The number of hydrogen-bond donors (Lipinski definition) is 2. The zero-order valence-electron chi connectivity index (χ0n) is 11.3.